The highest BCUT2D eigenvalue weighted by Crippen LogP contribution is 2.18. The Morgan fingerprint density at radius 3 is 2.56 bits per heavy atom. The lowest BCUT2D eigenvalue weighted by atomic mass is 9.97. The van der Waals surface area contributed by atoms with Crippen molar-refractivity contribution in [2.24, 2.45) is 5.10 Å². The van der Waals surface area contributed by atoms with Gasteiger partial charge in [0.2, 0.25) is 0 Å². The van der Waals surface area contributed by atoms with E-state index in [9.17, 15) is 18.8 Å². The molecule has 1 saturated heterocycles. The molecule has 1 amide bonds. The smallest absolute Gasteiger partial charge is 0.257 e. The van der Waals surface area contributed by atoms with Crippen LogP contribution in [0.1, 0.15) is 38.8 Å². The third-order valence-corrected chi connectivity index (χ3v) is 5.43. The molecule has 1 fully saturated rings. The second-order valence-corrected chi connectivity index (χ2v) is 7.71. The predicted molar refractivity (Wildman–Crippen MR) is 126 cm³/mol. The van der Waals surface area contributed by atoms with E-state index in [1.54, 1.807) is 37.4 Å². The number of amides is 1. The molecule has 10 heteroatoms. The molecule has 1 aliphatic rings. The van der Waals surface area contributed by atoms with Gasteiger partial charge in [-0.25, -0.2) is 4.39 Å². The largest absolute Gasteiger partial charge is 0.329 e. The maximum absolute atomic E-state index is 14.6. The average molecular weight is 465 g/mol. The van der Waals surface area contributed by atoms with Gasteiger partial charge in [-0.2, -0.15) is 5.10 Å². The van der Waals surface area contributed by atoms with Crippen LogP contribution in [0, 0.1) is 16.6 Å². The molecule has 2 aromatic rings. The van der Waals surface area contributed by atoms with E-state index in [-0.39, 0.29) is 43.3 Å². The average Bonchev–Trinajstić information content (AvgIpc) is 2.83. The van der Waals surface area contributed by atoms with Crippen molar-refractivity contribution in [3.63, 3.8) is 0 Å². The molecule has 0 spiro atoms. The van der Waals surface area contributed by atoms with Crippen molar-refractivity contribution >= 4 is 35.4 Å². The third-order valence-electron chi connectivity index (χ3n) is 5.43. The lowest BCUT2D eigenvalue weighted by Gasteiger charge is -2.35. The first-order chi connectivity index (χ1) is 16.3. The van der Waals surface area contributed by atoms with Gasteiger partial charge >= 0.3 is 0 Å². The standard InChI is InChI=1S/C24H25FN6O3/c1-15(33)23(27)31-10-9-30(13-22(31)26)24(34)19-11-16(7-8-20(19)25)12-21(29-28-2)18-6-4-3-5-17(18)14-32/h3-8,11,14,26-28H,9-10,12-13H2,1-2H3/b26-22?,27-23?,29-21-. The number of carbonyl (C=O) groups excluding carboxylic acids is 3. The van der Waals surface area contributed by atoms with Crippen LogP contribution < -0.4 is 5.43 Å². The molecule has 9 nitrogen and oxygen atoms in total. The molecular formula is C24H25FN6O3. The monoisotopic (exact) mass is 464 g/mol. The number of piperazine rings is 1. The number of ketones is 1. The minimum absolute atomic E-state index is 0.0785. The van der Waals surface area contributed by atoms with Gasteiger partial charge in [-0.05, 0) is 17.7 Å². The van der Waals surface area contributed by atoms with Crippen molar-refractivity contribution in [3.8, 4) is 0 Å². The van der Waals surface area contributed by atoms with E-state index < -0.39 is 17.5 Å². The molecule has 0 bridgehead atoms. The number of hydrogen-bond acceptors (Lipinski definition) is 7. The summed E-state index contributed by atoms with van der Waals surface area (Å²) < 4.78 is 14.6. The summed E-state index contributed by atoms with van der Waals surface area (Å²) in [6.07, 6.45) is 0.978. The molecule has 2 aromatic carbocycles. The lowest BCUT2D eigenvalue weighted by molar-refractivity contribution is -0.111. The minimum Gasteiger partial charge on any atom is -0.329 e. The number of rotatable bonds is 7. The summed E-state index contributed by atoms with van der Waals surface area (Å²) in [6.45, 7) is 1.34. The van der Waals surface area contributed by atoms with Gasteiger partial charge in [0.25, 0.3) is 5.91 Å². The van der Waals surface area contributed by atoms with Gasteiger partial charge in [-0.1, -0.05) is 30.3 Å². The maximum atomic E-state index is 14.6. The molecule has 34 heavy (non-hydrogen) atoms. The fraction of sp³-hybridized carbons (Fsp3) is 0.250. The summed E-state index contributed by atoms with van der Waals surface area (Å²) in [6, 6.07) is 11.2. The number of hydrazone groups is 1. The number of Topliss-reactive ketones (excluding diaryl/α,β-unsaturated/α-hetero) is 1. The Labute approximate surface area is 196 Å². The Morgan fingerprint density at radius 1 is 1.18 bits per heavy atom. The van der Waals surface area contributed by atoms with Crippen molar-refractivity contribution in [1.82, 2.24) is 15.2 Å². The number of benzene rings is 2. The van der Waals surface area contributed by atoms with Gasteiger partial charge in [-0.15, -0.1) is 0 Å². The van der Waals surface area contributed by atoms with Crippen LogP contribution >= 0.6 is 0 Å². The number of nitrogens with zero attached hydrogens (tertiary/aromatic N) is 3. The first-order valence-corrected chi connectivity index (χ1v) is 10.6. The zero-order chi connectivity index (χ0) is 24.8. The van der Waals surface area contributed by atoms with Crippen molar-refractivity contribution in [3.05, 3.63) is 70.5 Å². The maximum Gasteiger partial charge on any atom is 0.257 e. The zero-order valence-corrected chi connectivity index (χ0v) is 18.9. The van der Waals surface area contributed by atoms with Crippen LogP contribution in [0.2, 0.25) is 0 Å². The zero-order valence-electron chi connectivity index (χ0n) is 18.9. The summed E-state index contributed by atoms with van der Waals surface area (Å²) >= 11 is 0. The van der Waals surface area contributed by atoms with Crippen molar-refractivity contribution in [2.75, 3.05) is 26.7 Å². The fourth-order valence-corrected chi connectivity index (χ4v) is 3.71. The van der Waals surface area contributed by atoms with Crippen LogP contribution in [0.3, 0.4) is 0 Å². The summed E-state index contributed by atoms with van der Waals surface area (Å²) in [5.74, 6) is -2.14. The van der Waals surface area contributed by atoms with Crippen molar-refractivity contribution < 1.29 is 18.8 Å². The molecule has 3 rings (SSSR count). The predicted octanol–water partition coefficient (Wildman–Crippen LogP) is 2.11. The second-order valence-electron chi connectivity index (χ2n) is 7.71. The highest BCUT2D eigenvalue weighted by atomic mass is 19.1. The quantitative estimate of drug-likeness (QED) is 0.250. The molecule has 176 valence electrons. The highest BCUT2D eigenvalue weighted by Gasteiger charge is 2.30. The van der Waals surface area contributed by atoms with Crippen LogP contribution in [0.25, 0.3) is 0 Å². The van der Waals surface area contributed by atoms with E-state index in [1.807, 2.05) is 0 Å². The number of hydrogen-bond donors (Lipinski definition) is 3. The first-order valence-electron chi connectivity index (χ1n) is 10.6. The van der Waals surface area contributed by atoms with Gasteiger partial charge < -0.3 is 15.2 Å². The van der Waals surface area contributed by atoms with Crippen molar-refractivity contribution in [1.29, 1.82) is 10.8 Å². The van der Waals surface area contributed by atoms with Gasteiger partial charge in [-0.3, -0.25) is 25.2 Å². The van der Waals surface area contributed by atoms with Crippen LogP contribution in [0.5, 0.6) is 0 Å². The molecule has 0 unspecified atom stereocenters. The first kappa shape index (κ1) is 24.4. The van der Waals surface area contributed by atoms with Gasteiger partial charge in [0, 0.05) is 44.6 Å². The Kier molecular flexibility index (Phi) is 7.62. The summed E-state index contributed by atoms with van der Waals surface area (Å²) in [5, 5.41) is 20.2. The van der Waals surface area contributed by atoms with E-state index >= 15 is 0 Å². The number of halogens is 1. The van der Waals surface area contributed by atoms with Crippen LogP contribution in [-0.4, -0.2) is 71.8 Å². The topological polar surface area (TPSA) is 130 Å². The van der Waals surface area contributed by atoms with E-state index in [0.717, 1.165) is 6.29 Å². The normalized spacial score (nSPS) is 14.1. The second kappa shape index (κ2) is 10.6. The van der Waals surface area contributed by atoms with Crippen LogP contribution in [-0.2, 0) is 11.2 Å². The molecule has 0 atom stereocenters. The fourth-order valence-electron chi connectivity index (χ4n) is 3.71. The summed E-state index contributed by atoms with van der Waals surface area (Å²) in [7, 11) is 1.63. The summed E-state index contributed by atoms with van der Waals surface area (Å²) in [5.41, 5.74) is 4.83. The Bertz CT molecular complexity index is 1190. The minimum atomic E-state index is -0.695. The van der Waals surface area contributed by atoms with Crippen LogP contribution in [0.4, 0.5) is 4.39 Å². The molecule has 0 aromatic heterocycles. The van der Waals surface area contributed by atoms with Crippen molar-refractivity contribution in [2.45, 2.75) is 13.3 Å². The highest BCUT2D eigenvalue weighted by molar-refractivity contribution is 6.39. The number of aldehydes is 1. The van der Waals surface area contributed by atoms with E-state index in [4.69, 9.17) is 10.8 Å². The lowest BCUT2D eigenvalue weighted by Crippen LogP contribution is -2.55. The van der Waals surface area contributed by atoms with Gasteiger partial charge in [0.15, 0.2) is 17.9 Å². The number of nitrogens with one attached hydrogen (secondary N) is 3. The van der Waals surface area contributed by atoms with Gasteiger partial charge in [0.1, 0.15) is 11.7 Å². The Hall–Kier alpha value is -4.21. The number of carbonyl (C=O) groups is 3. The molecule has 0 aliphatic carbocycles. The molecule has 1 heterocycles. The van der Waals surface area contributed by atoms with Gasteiger partial charge in [0.05, 0.1) is 17.8 Å². The number of amidine groups is 2. The summed E-state index contributed by atoms with van der Waals surface area (Å²) in [4.78, 5) is 38.5. The Balaban J connectivity index is 1.83. The van der Waals surface area contributed by atoms with E-state index in [1.165, 1.54) is 28.9 Å². The van der Waals surface area contributed by atoms with E-state index in [0.29, 0.717) is 22.4 Å². The molecule has 0 saturated carbocycles. The van der Waals surface area contributed by atoms with E-state index in [2.05, 4.69) is 10.5 Å². The third kappa shape index (κ3) is 5.22. The Morgan fingerprint density at radius 2 is 1.91 bits per heavy atom. The molecule has 0 radical (unpaired) electrons. The SMILES string of the molecule is CN/N=C(/Cc1ccc(F)c(C(=O)N2CCN(C(=N)C(C)=O)C(=N)C2)c1)c1ccccc1C=O. The molecule has 3 N–H and O–H groups in total. The molecule has 1 aliphatic heterocycles. The molecular weight excluding hydrogens is 439 g/mol. The van der Waals surface area contributed by atoms with Crippen LogP contribution in [0.15, 0.2) is 47.6 Å².